The van der Waals surface area contributed by atoms with Gasteiger partial charge in [-0.3, -0.25) is 4.79 Å². The van der Waals surface area contributed by atoms with E-state index in [2.05, 4.69) is 15.3 Å². The number of anilines is 1. The smallest absolute Gasteiger partial charge is 0.234 e. The van der Waals surface area contributed by atoms with Crippen molar-refractivity contribution in [3.05, 3.63) is 30.5 Å². The lowest BCUT2D eigenvalue weighted by atomic mass is 10.1. The van der Waals surface area contributed by atoms with E-state index in [1.807, 2.05) is 24.3 Å². The summed E-state index contributed by atoms with van der Waals surface area (Å²) in [6, 6.07) is 7.39. The van der Waals surface area contributed by atoms with Crippen LogP contribution in [-0.2, 0) is 4.79 Å². The Morgan fingerprint density at radius 2 is 1.95 bits per heavy atom. The van der Waals surface area contributed by atoms with Crippen LogP contribution in [0, 0.1) is 0 Å². The second-order valence-corrected chi connectivity index (χ2v) is 3.99. The van der Waals surface area contributed by atoms with E-state index in [4.69, 9.17) is 9.47 Å². The van der Waals surface area contributed by atoms with Crippen LogP contribution in [0.1, 0.15) is 6.92 Å². The van der Waals surface area contributed by atoms with Crippen LogP contribution in [0.2, 0.25) is 0 Å². The molecule has 104 valence electrons. The zero-order chi connectivity index (χ0) is 14.5. The minimum atomic E-state index is -0.233. The Labute approximate surface area is 116 Å². The van der Waals surface area contributed by atoms with E-state index in [0.29, 0.717) is 23.1 Å². The molecule has 1 amide bonds. The number of carbonyl (C=O) groups is 1. The van der Waals surface area contributed by atoms with Crippen molar-refractivity contribution in [3.63, 3.8) is 0 Å². The number of amides is 1. The van der Waals surface area contributed by atoms with Crippen molar-refractivity contribution in [1.82, 2.24) is 9.97 Å². The van der Waals surface area contributed by atoms with Gasteiger partial charge in [-0.05, 0) is 12.1 Å². The molecule has 1 aromatic carbocycles. The maximum absolute atomic E-state index is 11.3. The quantitative estimate of drug-likeness (QED) is 0.923. The molecule has 1 heterocycles. The Bertz CT molecular complexity index is 629. The number of methoxy groups -OCH3 is 2. The molecule has 0 fully saturated rings. The Morgan fingerprint density at radius 1 is 1.20 bits per heavy atom. The van der Waals surface area contributed by atoms with Gasteiger partial charge in [-0.15, -0.1) is 0 Å². The first-order valence-corrected chi connectivity index (χ1v) is 5.97. The van der Waals surface area contributed by atoms with Gasteiger partial charge in [0.25, 0.3) is 0 Å². The molecule has 0 aliphatic carbocycles. The van der Waals surface area contributed by atoms with Crippen molar-refractivity contribution in [2.45, 2.75) is 6.92 Å². The predicted molar refractivity (Wildman–Crippen MR) is 74.9 cm³/mol. The number of hydrogen-bond acceptors (Lipinski definition) is 5. The van der Waals surface area contributed by atoms with Crippen LogP contribution in [0.15, 0.2) is 30.5 Å². The second-order valence-electron chi connectivity index (χ2n) is 3.99. The zero-order valence-corrected chi connectivity index (χ0v) is 11.5. The van der Waals surface area contributed by atoms with Gasteiger partial charge in [-0.2, -0.15) is 4.98 Å². The standard InChI is InChI=1S/C14H15N3O3/c1-9(18)16-14-13(15-8-12(17-14)20-3)10-6-4-5-7-11(10)19-2/h4-8H,1-3H3,(H,16,17,18). The maximum Gasteiger partial charge on any atom is 0.234 e. The minimum Gasteiger partial charge on any atom is -0.496 e. The molecule has 2 rings (SSSR count). The van der Waals surface area contributed by atoms with Crippen LogP contribution in [0.25, 0.3) is 11.3 Å². The van der Waals surface area contributed by atoms with E-state index in [-0.39, 0.29) is 5.91 Å². The third-order valence-corrected chi connectivity index (χ3v) is 2.62. The lowest BCUT2D eigenvalue weighted by molar-refractivity contribution is -0.114. The van der Waals surface area contributed by atoms with Crippen LogP contribution in [0.4, 0.5) is 5.82 Å². The van der Waals surface area contributed by atoms with E-state index >= 15 is 0 Å². The van der Waals surface area contributed by atoms with Gasteiger partial charge >= 0.3 is 0 Å². The highest BCUT2D eigenvalue weighted by atomic mass is 16.5. The molecule has 0 atom stereocenters. The Morgan fingerprint density at radius 3 is 2.60 bits per heavy atom. The van der Waals surface area contributed by atoms with Gasteiger partial charge in [0.2, 0.25) is 11.8 Å². The topological polar surface area (TPSA) is 73.3 Å². The number of nitrogens with zero attached hydrogens (tertiary/aromatic N) is 2. The molecule has 20 heavy (non-hydrogen) atoms. The molecule has 6 heteroatoms. The van der Waals surface area contributed by atoms with E-state index in [1.165, 1.54) is 20.2 Å². The van der Waals surface area contributed by atoms with Crippen molar-refractivity contribution >= 4 is 11.7 Å². The van der Waals surface area contributed by atoms with Crippen LogP contribution in [-0.4, -0.2) is 30.1 Å². The van der Waals surface area contributed by atoms with Crippen molar-refractivity contribution in [2.24, 2.45) is 0 Å². The Hall–Kier alpha value is -2.63. The average molecular weight is 273 g/mol. The number of hydrogen-bond donors (Lipinski definition) is 1. The summed E-state index contributed by atoms with van der Waals surface area (Å²) in [5.41, 5.74) is 1.27. The van der Waals surface area contributed by atoms with Gasteiger partial charge in [0.05, 0.1) is 20.4 Å². The number of carbonyl (C=O) groups excluding carboxylic acids is 1. The normalized spacial score (nSPS) is 9.95. The molecule has 0 aliphatic rings. The molecule has 0 spiro atoms. The first-order chi connectivity index (χ1) is 9.65. The molecule has 0 aliphatic heterocycles. The zero-order valence-electron chi connectivity index (χ0n) is 11.5. The molecule has 0 saturated carbocycles. The van der Waals surface area contributed by atoms with E-state index in [0.717, 1.165) is 5.56 Å². The highest BCUT2D eigenvalue weighted by Crippen LogP contribution is 2.33. The number of nitrogens with one attached hydrogen (secondary N) is 1. The average Bonchev–Trinajstić information content (AvgIpc) is 2.46. The van der Waals surface area contributed by atoms with Gasteiger partial charge < -0.3 is 14.8 Å². The summed E-state index contributed by atoms with van der Waals surface area (Å²) in [6.07, 6.45) is 1.49. The fraction of sp³-hybridized carbons (Fsp3) is 0.214. The van der Waals surface area contributed by atoms with Gasteiger partial charge in [0, 0.05) is 12.5 Å². The predicted octanol–water partition coefficient (Wildman–Crippen LogP) is 2.12. The van der Waals surface area contributed by atoms with Gasteiger partial charge in [0.15, 0.2) is 5.82 Å². The number of benzene rings is 1. The summed E-state index contributed by atoms with van der Waals surface area (Å²) in [7, 11) is 3.07. The van der Waals surface area contributed by atoms with Crippen LogP contribution in [0.3, 0.4) is 0 Å². The Kier molecular flexibility index (Phi) is 4.14. The molecule has 6 nitrogen and oxygen atoms in total. The minimum absolute atomic E-state index is 0.233. The second kappa shape index (κ2) is 6.01. The SMILES string of the molecule is COc1cnc(-c2ccccc2OC)c(NC(C)=O)n1. The lowest BCUT2D eigenvalue weighted by Gasteiger charge is -2.12. The highest BCUT2D eigenvalue weighted by molar-refractivity contribution is 5.92. The van der Waals surface area contributed by atoms with Crippen molar-refractivity contribution in [1.29, 1.82) is 0 Å². The molecule has 1 N–H and O–H groups in total. The number of aromatic nitrogens is 2. The summed E-state index contributed by atoms with van der Waals surface area (Å²) in [4.78, 5) is 19.8. The summed E-state index contributed by atoms with van der Waals surface area (Å²) in [5.74, 6) is 1.08. The Balaban J connectivity index is 2.57. The van der Waals surface area contributed by atoms with Gasteiger partial charge in [0.1, 0.15) is 11.4 Å². The third-order valence-electron chi connectivity index (χ3n) is 2.62. The molecule has 0 saturated heterocycles. The van der Waals surface area contributed by atoms with Crippen molar-refractivity contribution in [3.8, 4) is 22.9 Å². The maximum atomic E-state index is 11.3. The van der Waals surface area contributed by atoms with Gasteiger partial charge in [-0.1, -0.05) is 12.1 Å². The largest absolute Gasteiger partial charge is 0.496 e. The summed E-state index contributed by atoms with van der Waals surface area (Å²) in [5, 5.41) is 2.65. The first-order valence-electron chi connectivity index (χ1n) is 5.97. The first kappa shape index (κ1) is 13.8. The monoisotopic (exact) mass is 273 g/mol. The van der Waals surface area contributed by atoms with E-state index in [1.54, 1.807) is 7.11 Å². The molecule has 1 aromatic heterocycles. The summed E-state index contributed by atoms with van der Waals surface area (Å²) in [6.45, 7) is 1.41. The fourth-order valence-electron chi connectivity index (χ4n) is 1.76. The lowest BCUT2D eigenvalue weighted by Crippen LogP contribution is -2.10. The van der Waals surface area contributed by atoms with Crippen LogP contribution in [0.5, 0.6) is 11.6 Å². The molecule has 0 radical (unpaired) electrons. The van der Waals surface area contributed by atoms with Gasteiger partial charge in [-0.25, -0.2) is 4.98 Å². The summed E-state index contributed by atoms with van der Waals surface area (Å²) < 4.78 is 10.3. The molecular weight excluding hydrogens is 258 g/mol. The van der Waals surface area contributed by atoms with Crippen LogP contribution >= 0.6 is 0 Å². The molecule has 0 unspecified atom stereocenters. The fourth-order valence-corrected chi connectivity index (χ4v) is 1.76. The highest BCUT2D eigenvalue weighted by Gasteiger charge is 2.15. The molecule has 0 bridgehead atoms. The summed E-state index contributed by atoms with van der Waals surface area (Å²) >= 11 is 0. The third kappa shape index (κ3) is 2.85. The van der Waals surface area contributed by atoms with Crippen molar-refractivity contribution < 1.29 is 14.3 Å². The molecule has 2 aromatic rings. The molecular formula is C14H15N3O3. The number of para-hydroxylation sites is 1. The van der Waals surface area contributed by atoms with E-state index < -0.39 is 0 Å². The van der Waals surface area contributed by atoms with Crippen LogP contribution < -0.4 is 14.8 Å². The number of ether oxygens (including phenoxy) is 2. The number of rotatable bonds is 4. The van der Waals surface area contributed by atoms with Crippen molar-refractivity contribution in [2.75, 3.05) is 19.5 Å². The van der Waals surface area contributed by atoms with E-state index in [9.17, 15) is 4.79 Å².